The Morgan fingerprint density at radius 2 is 1.00 bits per heavy atom. The van der Waals surface area contributed by atoms with Crippen LogP contribution >= 0.6 is 0 Å². The van der Waals surface area contributed by atoms with Crippen molar-refractivity contribution in [3.63, 3.8) is 0 Å². The van der Waals surface area contributed by atoms with Gasteiger partial charge in [-0.2, -0.15) is 0 Å². The molecule has 12 heavy (non-hydrogen) atoms. The summed E-state index contributed by atoms with van der Waals surface area (Å²) in [6, 6.07) is 8.12. The van der Waals surface area contributed by atoms with E-state index in [9.17, 15) is 0 Å². The van der Waals surface area contributed by atoms with Gasteiger partial charge in [0, 0.05) is 46.5 Å². The molecule has 0 amide bonds. The number of aromatic nitrogens is 2. The van der Waals surface area contributed by atoms with Gasteiger partial charge in [-0.1, -0.05) is 0 Å². The molecule has 2 nitrogen and oxygen atoms in total. The quantitative estimate of drug-likeness (QED) is 0.645. The van der Waals surface area contributed by atoms with Crippen LogP contribution in [-0.2, 0) is 28.4 Å². The zero-order chi connectivity index (χ0) is 7.52. The predicted octanol–water partition coefficient (Wildman–Crippen LogP) is 1.79. The molecule has 60 valence electrons. The minimum Gasteiger partial charge on any atom is -0.336 e. The molecule has 2 aromatic heterocycles. The van der Waals surface area contributed by atoms with E-state index in [0.29, 0.717) is 0 Å². The Morgan fingerprint density at radius 3 is 1.33 bits per heavy atom. The van der Waals surface area contributed by atoms with Crippen molar-refractivity contribution < 1.29 is 21.7 Å². The Hall–Kier alpha value is -0.726. The number of hydrogen-bond acceptors (Lipinski definition) is 0. The molecule has 2 rings (SSSR count). The predicted molar refractivity (Wildman–Crippen MR) is 44.3 cm³/mol. The smallest absolute Gasteiger partial charge is 0.0976 e. The number of rotatable bonds is 2. The monoisotopic (exact) mass is 194 g/mol. The fraction of sp³-hybridized carbons (Fsp3) is 0.111. The summed E-state index contributed by atoms with van der Waals surface area (Å²) >= 11 is 0. The SMILES string of the molecule is [Ti].c1ccn(Cn2cccc2)c1. The second-order valence-electron chi connectivity index (χ2n) is 2.54. The number of hydrogen-bond donors (Lipinski definition) is 0. The molecule has 2 heterocycles. The van der Waals surface area contributed by atoms with Crippen molar-refractivity contribution in [2.24, 2.45) is 0 Å². The van der Waals surface area contributed by atoms with Crippen LogP contribution in [0.3, 0.4) is 0 Å². The maximum Gasteiger partial charge on any atom is 0.0976 e. The van der Waals surface area contributed by atoms with Gasteiger partial charge in [-0.3, -0.25) is 0 Å². The van der Waals surface area contributed by atoms with Crippen molar-refractivity contribution in [2.45, 2.75) is 6.67 Å². The maximum absolute atomic E-state index is 2.12. The summed E-state index contributed by atoms with van der Waals surface area (Å²) in [4.78, 5) is 0. The van der Waals surface area contributed by atoms with Crippen LogP contribution in [0.25, 0.3) is 0 Å². The summed E-state index contributed by atoms with van der Waals surface area (Å²) in [5.41, 5.74) is 0. The van der Waals surface area contributed by atoms with Crippen LogP contribution in [0, 0.1) is 0 Å². The van der Waals surface area contributed by atoms with Gasteiger partial charge in [0.25, 0.3) is 0 Å². The second kappa shape index (κ2) is 4.34. The van der Waals surface area contributed by atoms with E-state index in [-0.39, 0.29) is 21.7 Å². The van der Waals surface area contributed by atoms with Crippen molar-refractivity contribution >= 4 is 0 Å². The van der Waals surface area contributed by atoms with E-state index in [2.05, 4.69) is 33.9 Å². The van der Waals surface area contributed by atoms with E-state index in [1.54, 1.807) is 0 Å². The van der Waals surface area contributed by atoms with Crippen LogP contribution in [0.2, 0.25) is 0 Å². The molecule has 0 N–H and O–H groups in total. The molecule has 2 aromatic rings. The topological polar surface area (TPSA) is 9.86 Å². The van der Waals surface area contributed by atoms with Crippen LogP contribution in [0.15, 0.2) is 49.1 Å². The Balaban J connectivity index is 0.000000720. The first kappa shape index (κ1) is 9.36. The van der Waals surface area contributed by atoms with E-state index in [4.69, 9.17) is 0 Å². The summed E-state index contributed by atoms with van der Waals surface area (Å²) in [5.74, 6) is 0. The van der Waals surface area contributed by atoms with Crippen LogP contribution < -0.4 is 0 Å². The first-order valence-corrected chi connectivity index (χ1v) is 3.67. The third-order valence-electron chi connectivity index (χ3n) is 1.66. The van der Waals surface area contributed by atoms with Crippen molar-refractivity contribution in [2.75, 3.05) is 0 Å². The van der Waals surface area contributed by atoms with Gasteiger partial charge in [0.2, 0.25) is 0 Å². The first-order chi connectivity index (χ1) is 5.45. The summed E-state index contributed by atoms with van der Waals surface area (Å²) in [6.07, 6.45) is 8.22. The molecular formula is C9H10N2Ti. The maximum atomic E-state index is 2.12. The fourth-order valence-electron chi connectivity index (χ4n) is 1.12. The van der Waals surface area contributed by atoms with Gasteiger partial charge in [-0.25, -0.2) is 0 Å². The van der Waals surface area contributed by atoms with Crippen molar-refractivity contribution in [1.29, 1.82) is 0 Å². The summed E-state index contributed by atoms with van der Waals surface area (Å²) in [7, 11) is 0. The standard InChI is InChI=1S/C9H10N2.Ti/c1-2-6-10(5-1)9-11-7-3-4-8-11;/h1-8H,9H2;. The Kier molecular flexibility index (Phi) is 3.38. The zero-order valence-corrected chi connectivity index (χ0v) is 8.28. The molecule has 3 heteroatoms. The van der Waals surface area contributed by atoms with Gasteiger partial charge in [0.15, 0.2) is 0 Å². The summed E-state index contributed by atoms with van der Waals surface area (Å²) < 4.78 is 4.25. The molecule has 0 atom stereocenters. The van der Waals surface area contributed by atoms with Gasteiger partial charge in [0.05, 0.1) is 6.67 Å². The average Bonchev–Trinajstić information content (AvgIpc) is 2.60. The van der Waals surface area contributed by atoms with Gasteiger partial charge in [-0.15, -0.1) is 0 Å². The van der Waals surface area contributed by atoms with E-state index in [0.717, 1.165) is 6.67 Å². The largest absolute Gasteiger partial charge is 0.336 e. The third-order valence-corrected chi connectivity index (χ3v) is 1.66. The van der Waals surface area contributed by atoms with E-state index >= 15 is 0 Å². The molecule has 0 spiro atoms. The molecule has 0 aliphatic heterocycles. The Labute approximate surface area is 86.7 Å². The summed E-state index contributed by atoms with van der Waals surface area (Å²) in [6.45, 7) is 0.903. The van der Waals surface area contributed by atoms with Crippen LogP contribution in [0.4, 0.5) is 0 Å². The summed E-state index contributed by atoms with van der Waals surface area (Å²) in [5, 5.41) is 0. The molecule has 0 saturated carbocycles. The molecule has 0 aliphatic carbocycles. The normalized spacial score (nSPS) is 9.33. The minimum absolute atomic E-state index is 0. The van der Waals surface area contributed by atoms with Crippen LogP contribution in [0.5, 0.6) is 0 Å². The number of nitrogens with zero attached hydrogens (tertiary/aromatic N) is 2. The molecule has 0 aliphatic rings. The molecule has 0 unspecified atom stereocenters. The van der Waals surface area contributed by atoms with Crippen molar-refractivity contribution in [1.82, 2.24) is 9.13 Å². The van der Waals surface area contributed by atoms with Crippen molar-refractivity contribution in [3.05, 3.63) is 49.1 Å². The van der Waals surface area contributed by atoms with E-state index in [1.807, 2.05) is 24.3 Å². The molecule has 0 saturated heterocycles. The van der Waals surface area contributed by atoms with Crippen molar-refractivity contribution in [3.8, 4) is 0 Å². The Bertz CT molecular complexity index is 265. The average molecular weight is 194 g/mol. The van der Waals surface area contributed by atoms with E-state index in [1.165, 1.54) is 0 Å². The molecule has 0 fully saturated rings. The van der Waals surface area contributed by atoms with Gasteiger partial charge in [0.1, 0.15) is 0 Å². The molecule has 0 bridgehead atoms. The van der Waals surface area contributed by atoms with Gasteiger partial charge >= 0.3 is 0 Å². The van der Waals surface area contributed by atoms with Gasteiger partial charge in [-0.05, 0) is 24.3 Å². The first-order valence-electron chi connectivity index (χ1n) is 3.67. The third kappa shape index (κ3) is 2.13. The van der Waals surface area contributed by atoms with E-state index < -0.39 is 0 Å². The zero-order valence-electron chi connectivity index (χ0n) is 6.72. The molecule has 0 aromatic carbocycles. The van der Waals surface area contributed by atoms with Crippen LogP contribution in [0.1, 0.15) is 0 Å². The molecular weight excluding hydrogens is 184 g/mol. The van der Waals surface area contributed by atoms with Crippen LogP contribution in [-0.4, -0.2) is 9.13 Å². The fourth-order valence-corrected chi connectivity index (χ4v) is 1.12. The Morgan fingerprint density at radius 1 is 0.667 bits per heavy atom. The van der Waals surface area contributed by atoms with Gasteiger partial charge < -0.3 is 9.13 Å². The second-order valence-corrected chi connectivity index (χ2v) is 2.54. The minimum atomic E-state index is 0. The molecule has 0 radical (unpaired) electrons.